The van der Waals surface area contributed by atoms with Gasteiger partial charge >= 0.3 is 6.09 Å². The Morgan fingerprint density at radius 3 is 2.67 bits per heavy atom. The molecule has 1 atom stereocenters. The Morgan fingerprint density at radius 1 is 1.40 bits per heavy atom. The van der Waals surface area contributed by atoms with Crippen molar-refractivity contribution in [2.75, 3.05) is 0 Å². The van der Waals surface area contributed by atoms with E-state index in [0.29, 0.717) is 5.56 Å². The van der Waals surface area contributed by atoms with Gasteiger partial charge in [0.25, 0.3) is 0 Å². The van der Waals surface area contributed by atoms with Crippen molar-refractivity contribution in [3.63, 3.8) is 0 Å². The lowest BCUT2D eigenvalue weighted by Gasteiger charge is -2.08. The number of halogens is 1. The van der Waals surface area contributed by atoms with Crippen LogP contribution in [0, 0.1) is 18.2 Å². The summed E-state index contributed by atoms with van der Waals surface area (Å²) >= 11 is 0. The number of nitrogens with zero attached hydrogens (tertiary/aromatic N) is 1. The van der Waals surface area contributed by atoms with E-state index < -0.39 is 12.2 Å². The van der Waals surface area contributed by atoms with Gasteiger partial charge in [-0.25, -0.2) is 9.18 Å². The van der Waals surface area contributed by atoms with E-state index in [-0.39, 0.29) is 11.5 Å². The average Bonchev–Trinajstić information content (AvgIpc) is 2.61. The lowest BCUT2D eigenvalue weighted by atomic mass is 10.1. The highest BCUT2D eigenvalue weighted by Gasteiger charge is 2.28. The van der Waals surface area contributed by atoms with E-state index in [1.54, 1.807) is 0 Å². The molecule has 0 aliphatic carbocycles. The molecule has 1 aromatic carbocycles. The quantitative estimate of drug-likeness (QED) is 0.655. The van der Waals surface area contributed by atoms with Gasteiger partial charge in [0.05, 0.1) is 0 Å². The Kier molecular flexibility index (Phi) is 2.22. The minimum Gasteiger partial charge on any atom is -0.432 e. The number of hydrogen-bond donors (Lipinski definition) is 0. The summed E-state index contributed by atoms with van der Waals surface area (Å²) in [7, 11) is 0. The van der Waals surface area contributed by atoms with Crippen LogP contribution in [0.3, 0.4) is 0 Å². The van der Waals surface area contributed by atoms with E-state index in [1.807, 2.05) is 0 Å². The van der Waals surface area contributed by atoms with Crippen LogP contribution in [0.1, 0.15) is 11.7 Å². The third-order valence-electron chi connectivity index (χ3n) is 2.00. The maximum atomic E-state index is 12.7. The highest BCUT2D eigenvalue weighted by atomic mass is 19.1. The standard InChI is InChI=1S/C11H6FNO2/c1-2-9-10(15-11(14)13-9)7-3-5-8(12)6-4-7/h1,3-6,10H. The fourth-order valence-corrected chi connectivity index (χ4v) is 1.31. The van der Waals surface area contributed by atoms with Gasteiger partial charge in [-0.15, -0.1) is 6.42 Å². The van der Waals surface area contributed by atoms with Crippen LogP contribution in [-0.2, 0) is 4.74 Å². The largest absolute Gasteiger partial charge is 0.435 e. The van der Waals surface area contributed by atoms with Gasteiger partial charge in [0.2, 0.25) is 0 Å². The molecule has 1 aromatic rings. The number of hydrogen-bond acceptors (Lipinski definition) is 2. The summed E-state index contributed by atoms with van der Waals surface area (Å²) in [5, 5.41) is 0. The number of benzene rings is 1. The molecule has 0 saturated heterocycles. The molecule has 3 nitrogen and oxygen atoms in total. The summed E-state index contributed by atoms with van der Waals surface area (Å²) in [5.41, 5.74) is 0.825. The zero-order chi connectivity index (χ0) is 10.8. The van der Waals surface area contributed by atoms with Gasteiger partial charge in [0, 0.05) is 0 Å². The number of cyclic esters (lactones) is 1. The number of rotatable bonds is 1. The van der Waals surface area contributed by atoms with Crippen LogP contribution < -0.4 is 0 Å². The van der Waals surface area contributed by atoms with E-state index in [9.17, 15) is 9.18 Å². The Labute approximate surface area is 85.6 Å². The fraction of sp³-hybridized carbons (Fsp3) is 0.0909. The van der Waals surface area contributed by atoms with E-state index in [2.05, 4.69) is 10.9 Å². The monoisotopic (exact) mass is 203 g/mol. The van der Waals surface area contributed by atoms with Crippen LogP contribution >= 0.6 is 0 Å². The summed E-state index contributed by atoms with van der Waals surface area (Å²) < 4.78 is 17.5. The van der Waals surface area contributed by atoms with Crippen LogP contribution in [0.5, 0.6) is 0 Å². The molecule has 0 spiro atoms. The maximum Gasteiger partial charge on any atom is 0.435 e. The molecule has 0 aromatic heterocycles. The SMILES string of the molecule is C#CC1=NC(=O)OC1c1ccc(F)cc1. The smallest absolute Gasteiger partial charge is 0.432 e. The maximum absolute atomic E-state index is 12.7. The molecule has 74 valence electrons. The zero-order valence-corrected chi connectivity index (χ0v) is 7.61. The highest BCUT2D eigenvalue weighted by molar-refractivity contribution is 6.11. The molecule has 15 heavy (non-hydrogen) atoms. The molecular formula is C11H6FNO2. The minimum atomic E-state index is -0.711. The summed E-state index contributed by atoms with van der Waals surface area (Å²) in [5.74, 6) is 1.91. The van der Waals surface area contributed by atoms with Gasteiger partial charge < -0.3 is 4.74 Å². The number of carbonyl (C=O) groups excluding carboxylic acids is 1. The molecule has 0 radical (unpaired) electrons. The van der Waals surface area contributed by atoms with Crippen LogP contribution in [-0.4, -0.2) is 11.8 Å². The summed E-state index contributed by atoms with van der Waals surface area (Å²) in [6, 6.07) is 5.56. The van der Waals surface area contributed by atoms with Crippen molar-refractivity contribution in [2.24, 2.45) is 4.99 Å². The Hall–Kier alpha value is -2.15. The van der Waals surface area contributed by atoms with Crippen LogP contribution in [0.4, 0.5) is 9.18 Å². The van der Waals surface area contributed by atoms with Crippen molar-refractivity contribution in [3.05, 3.63) is 35.6 Å². The van der Waals surface area contributed by atoms with Crippen molar-refractivity contribution in [3.8, 4) is 12.3 Å². The number of terminal acetylenes is 1. The molecular weight excluding hydrogens is 197 g/mol. The van der Waals surface area contributed by atoms with Gasteiger partial charge in [0.15, 0.2) is 6.10 Å². The van der Waals surface area contributed by atoms with Gasteiger partial charge in [0.1, 0.15) is 11.5 Å². The number of aliphatic imine (C=N–C) groups is 1. The molecule has 1 amide bonds. The average molecular weight is 203 g/mol. The van der Waals surface area contributed by atoms with E-state index in [0.717, 1.165) is 0 Å². The van der Waals surface area contributed by atoms with Crippen LogP contribution in [0.15, 0.2) is 29.3 Å². The highest BCUT2D eigenvalue weighted by Crippen LogP contribution is 2.24. The first-order valence-electron chi connectivity index (χ1n) is 4.22. The second kappa shape index (κ2) is 3.54. The first-order chi connectivity index (χ1) is 7.20. The van der Waals surface area contributed by atoms with Gasteiger partial charge in [-0.05, 0) is 17.7 Å². The molecule has 1 aliphatic rings. The molecule has 0 saturated carbocycles. The first kappa shape index (κ1) is 9.41. The predicted octanol–water partition coefficient (Wildman–Crippen LogP) is 2.09. The molecule has 1 heterocycles. The number of carbonyl (C=O) groups is 1. The topological polar surface area (TPSA) is 38.7 Å². The number of ether oxygens (including phenoxy) is 1. The lowest BCUT2D eigenvalue weighted by molar-refractivity contribution is 0.149. The Morgan fingerprint density at radius 2 is 2.07 bits per heavy atom. The minimum absolute atomic E-state index is 0.214. The molecule has 0 fully saturated rings. The third kappa shape index (κ3) is 1.72. The van der Waals surface area contributed by atoms with Crippen molar-refractivity contribution in [1.82, 2.24) is 0 Å². The third-order valence-corrected chi connectivity index (χ3v) is 2.00. The summed E-state index contributed by atoms with van der Waals surface area (Å²) in [4.78, 5) is 14.4. The molecule has 2 rings (SSSR count). The Bertz CT molecular complexity index is 470. The summed E-state index contributed by atoms with van der Waals surface area (Å²) in [6.07, 6.45) is 3.78. The number of amides is 1. The van der Waals surface area contributed by atoms with E-state index in [1.165, 1.54) is 24.3 Å². The Balaban J connectivity index is 2.34. The van der Waals surface area contributed by atoms with Crippen molar-refractivity contribution in [1.29, 1.82) is 0 Å². The van der Waals surface area contributed by atoms with Crippen molar-refractivity contribution >= 4 is 11.8 Å². The fourth-order valence-electron chi connectivity index (χ4n) is 1.31. The van der Waals surface area contributed by atoms with Crippen molar-refractivity contribution in [2.45, 2.75) is 6.10 Å². The van der Waals surface area contributed by atoms with Crippen LogP contribution in [0.2, 0.25) is 0 Å². The van der Waals surface area contributed by atoms with Gasteiger partial charge in [-0.1, -0.05) is 18.1 Å². The molecule has 0 N–H and O–H groups in total. The molecule has 1 aliphatic heterocycles. The first-order valence-corrected chi connectivity index (χ1v) is 4.22. The second-order valence-corrected chi connectivity index (χ2v) is 2.96. The van der Waals surface area contributed by atoms with Gasteiger partial charge in [-0.3, -0.25) is 0 Å². The van der Waals surface area contributed by atoms with Crippen molar-refractivity contribution < 1.29 is 13.9 Å². The zero-order valence-electron chi connectivity index (χ0n) is 7.61. The normalized spacial score (nSPS) is 19.3. The molecule has 4 heteroatoms. The van der Waals surface area contributed by atoms with Gasteiger partial charge in [-0.2, -0.15) is 4.99 Å². The van der Waals surface area contributed by atoms with E-state index in [4.69, 9.17) is 11.2 Å². The molecule has 1 unspecified atom stereocenters. The second-order valence-electron chi connectivity index (χ2n) is 2.96. The van der Waals surface area contributed by atoms with E-state index >= 15 is 0 Å². The van der Waals surface area contributed by atoms with Crippen LogP contribution in [0.25, 0.3) is 0 Å². The molecule has 0 bridgehead atoms. The summed E-state index contributed by atoms with van der Waals surface area (Å²) in [6.45, 7) is 0. The lowest BCUT2D eigenvalue weighted by Crippen LogP contribution is -2.08. The predicted molar refractivity (Wildman–Crippen MR) is 51.9 cm³/mol.